The zero-order valence-corrected chi connectivity index (χ0v) is 12.4. The van der Waals surface area contributed by atoms with Crippen molar-refractivity contribution in [3.8, 4) is 6.07 Å². The molecule has 0 bridgehead atoms. The molecule has 112 valence electrons. The number of rotatable bonds is 3. The van der Waals surface area contributed by atoms with Gasteiger partial charge in [-0.15, -0.1) is 0 Å². The number of carbonyl (C=O) groups excluding carboxylic acids is 1. The van der Waals surface area contributed by atoms with Crippen LogP contribution in [0.25, 0.3) is 0 Å². The number of benzene rings is 1. The molecular weight excluding hydrogens is 278 g/mol. The number of aromatic nitrogens is 2. The fraction of sp³-hybridized carbons (Fsp3) is 0.312. The highest BCUT2D eigenvalue weighted by atomic mass is 16.1. The van der Waals surface area contributed by atoms with Crippen molar-refractivity contribution in [2.75, 3.05) is 13.6 Å². The third-order valence-electron chi connectivity index (χ3n) is 3.87. The Labute approximate surface area is 129 Å². The number of amides is 1. The predicted octanol–water partition coefficient (Wildman–Crippen LogP) is 1.13. The van der Waals surface area contributed by atoms with E-state index in [1.54, 1.807) is 13.2 Å². The van der Waals surface area contributed by atoms with Gasteiger partial charge in [0.1, 0.15) is 11.5 Å². The highest BCUT2D eigenvalue weighted by Gasteiger charge is 2.22. The van der Waals surface area contributed by atoms with Crippen LogP contribution in [0.4, 0.5) is 0 Å². The molecule has 22 heavy (non-hydrogen) atoms. The molecule has 6 nitrogen and oxygen atoms in total. The molecule has 1 aromatic heterocycles. The summed E-state index contributed by atoms with van der Waals surface area (Å²) in [6, 6.07) is 9.82. The molecule has 1 N–H and O–H groups in total. The van der Waals surface area contributed by atoms with Crippen LogP contribution in [-0.4, -0.2) is 34.0 Å². The third-order valence-corrected chi connectivity index (χ3v) is 3.87. The van der Waals surface area contributed by atoms with Gasteiger partial charge in [0, 0.05) is 26.7 Å². The average molecular weight is 295 g/mol. The van der Waals surface area contributed by atoms with Gasteiger partial charge < -0.3 is 9.88 Å². The smallest absolute Gasteiger partial charge is 0.269 e. The molecule has 0 aliphatic carbocycles. The summed E-state index contributed by atoms with van der Waals surface area (Å²) >= 11 is 0. The van der Waals surface area contributed by atoms with Crippen molar-refractivity contribution in [2.24, 2.45) is 0 Å². The summed E-state index contributed by atoms with van der Waals surface area (Å²) in [6.45, 7) is 3.08. The molecule has 0 radical (unpaired) electrons. The minimum absolute atomic E-state index is 0.103. The number of hydrogen-bond donors (Lipinski definition) is 1. The molecule has 1 aliphatic heterocycles. The second-order valence-corrected chi connectivity index (χ2v) is 5.31. The number of nitriles is 1. The highest BCUT2D eigenvalue weighted by molar-refractivity contribution is 5.92. The maximum Gasteiger partial charge on any atom is 0.269 e. The fourth-order valence-electron chi connectivity index (χ4n) is 2.75. The van der Waals surface area contributed by atoms with Crippen LogP contribution in [0.15, 0.2) is 30.5 Å². The Morgan fingerprint density at radius 1 is 1.45 bits per heavy atom. The molecule has 1 aromatic carbocycles. The lowest BCUT2D eigenvalue weighted by Crippen LogP contribution is -2.35. The fourth-order valence-corrected chi connectivity index (χ4v) is 2.75. The lowest BCUT2D eigenvalue weighted by atomic mass is 10.1. The van der Waals surface area contributed by atoms with Crippen molar-refractivity contribution < 1.29 is 4.79 Å². The first-order valence-electron chi connectivity index (χ1n) is 7.19. The number of nitrogens with zero attached hydrogens (tertiary/aromatic N) is 4. The van der Waals surface area contributed by atoms with Crippen molar-refractivity contribution in [2.45, 2.75) is 19.6 Å². The molecule has 0 saturated heterocycles. The number of imidazole rings is 1. The summed E-state index contributed by atoms with van der Waals surface area (Å²) in [5.41, 5.74) is 2.41. The Balaban J connectivity index is 1.73. The van der Waals surface area contributed by atoms with Gasteiger partial charge in [0.15, 0.2) is 0 Å². The number of carbonyl (C=O) groups is 1. The first kappa shape index (κ1) is 14.3. The van der Waals surface area contributed by atoms with E-state index in [9.17, 15) is 4.79 Å². The summed E-state index contributed by atoms with van der Waals surface area (Å²) < 4.78 is 1.97. The summed E-state index contributed by atoms with van der Waals surface area (Å²) in [6.07, 6.45) is 1.63. The summed E-state index contributed by atoms with van der Waals surface area (Å²) in [4.78, 5) is 18.4. The van der Waals surface area contributed by atoms with E-state index in [-0.39, 0.29) is 5.91 Å². The van der Waals surface area contributed by atoms with Crippen molar-refractivity contribution in [3.63, 3.8) is 0 Å². The van der Waals surface area contributed by atoms with Crippen LogP contribution in [0, 0.1) is 11.3 Å². The first-order chi connectivity index (χ1) is 10.7. The van der Waals surface area contributed by atoms with Gasteiger partial charge in [-0.2, -0.15) is 5.26 Å². The van der Waals surface area contributed by atoms with E-state index < -0.39 is 0 Å². The van der Waals surface area contributed by atoms with Crippen LogP contribution in [0.5, 0.6) is 0 Å². The third kappa shape index (κ3) is 2.71. The van der Waals surface area contributed by atoms with Gasteiger partial charge >= 0.3 is 0 Å². The van der Waals surface area contributed by atoms with E-state index in [4.69, 9.17) is 5.26 Å². The molecule has 1 amide bonds. The first-order valence-corrected chi connectivity index (χ1v) is 7.19. The van der Waals surface area contributed by atoms with Crippen LogP contribution in [0.2, 0.25) is 0 Å². The Bertz CT molecular complexity index is 743. The zero-order valence-electron chi connectivity index (χ0n) is 12.4. The minimum Gasteiger partial charge on any atom is -0.354 e. The molecule has 0 unspecified atom stereocenters. The van der Waals surface area contributed by atoms with Crippen molar-refractivity contribution in [1.82, 2.24) is 19.8 Å². The van der Waals surface area contributed by atoms with Gasteiger partial charge in [0.2, 0.25) is 0 Å². The second kappa shape index (κ2) is 6.00. The molecule has 0 spiro atoms. The topological polar surface area (TPSA) is 74.0 Å². The zero-order chi connectivity index (χ0) is 15.5. The average Bonchev–Trinajstić information content (AvgIpc) is 2.97. The normalized spacial score (nSPS) is 14.2. The van der Waals surface area contributed by atoms with Gasteiger partial charge in [0.05, 0.1) is 24.4 Å². The van der Waals surface area contributed by atoms with Gasteiger partial charge in [-0.1, -0.05) is 12.1 Å². The Hall–Kier alpha value is -2.65. The SMILES string of the molecule is CNC(=O)c1cnc2n1CCN(Cc1cccc(C#N)c1)C2. The molecule has 2 heterocycles. The van der Waals surface area contributed by atoms with Crippen molar-refractivity contribution in [1.29, 1.82) is 5.26 Å². The summed E-state index contributed by atoms with van der Waals surface area (Å²) in [5, 5.41) is 11.6. The monoisotopic (exact) mass is 295 g/mol. The quantitative estimate of drug-likeness (QED) is 0.921. The van der Waals surface area contributed by atoms with Gasteiger partial charge in [-0.25, -0.2) is 4.98 Å². The van der Waals surface area contributed by atoms with Crippen LogP contribution in [0.3, 0.4) is 0 Å². The highest BCUT2D eigenvalue weighted by Crippen LogP contribution is 2.17. The van der Waals surface area contributed by atoms with Gasteiger partial charge in [-0.3, -0.25) is 9.69 Å². The standard InChI is InChI=1S/C16H17N5O/c1-18-16(22)14-9-19-15-11-20(5-6-21(14)15)10-13-4-2-3-12(7-13)8-17/h2-4,7,9H,5-6,10-11H2,1H3,(H,18,22). The maximum atomic E-state index is 11.8. The molecule has 0 fully saturated rings. The van der Waals surface area contributed by atoms with Crippen LogP contribution >= 0.6 is 0 Å². The summed E-state index contributed by atoms with van der Waals surface area (Å²) in [7, 11) is 1.62. The van der Waals surface area contributed by atoms with E-state index in [1.165, 1.54) is 0 Å². The molecule has 2 aromatic rings. The number of fused-ring (bicyclic) bond motifs is 1. The molecule has 1 aliphatic rings. The van der Waals surface area contributed by atoms with Crippen LogP contribution in [-0.2, 0) is 19.6 Å². The lowest BCUT2D eigenvalue weighted by molar-refractivity contribution is 0.0949. The van der Waals surface area contributed by atoms with Gasteiger partial charge in [-0.05, 0) is 17.7 Å². The Morgan fingerprint density at radius 3 is 3.09 bits per heavy atom. The van der Waals surface area contributed by atoms with E-state index in [1.807, 2.05) is 28.8 Å². The molecule has 3 rings (SSSR count). The van der Waals surface area contributed by atoms with Crippen LogP contribution < -0.4 is 5.32 Å². The van der Waals surface area contributed by atoms with Gasteiger partial charge in [0.25, 0.3) is 5.91 Å². The summed E-state index contributed by atoms with van der Waals surface area (Å²) in [5.74, 6) is 0.801. The van der Waals surface area contributed by atoms with E-state index in [0.717, 1.165) is 31.0 Å². The van der Waals surface area contributed by atoms with E-state index >= 15 is 0 Å². The molecule has 6 heteroatoms. The number of nitrogens with one attached hydrogen (secondary N) is 1. The predicted molar refractivity (Wildman–Crippen MR) is 80.9 cm³/mol. The second-order valence-electron chi connectivity index (χ2n) is 5.31. The maximum absolute atomic E-state index is 11.8. The Kier molecular flexibility index (Phi) is 3.90. The minimum atomic E-state index is -0.103. The number of hydrogen-bond acceptors (Lipinski definition) is 4. The molecular formula is C16H17N5O. The molecule has 0 saturated carbocycles. The van der Waals surface area contributed by atoms with E-state index in [2.05, 4.69) is 21.3 Å². The largest absolute Gasteiger partial charge is 0.354 e. The van der Waals surface area contributed by atoms with E-state index in [0.29, 0.717) is 17.8 Å². The van der Waals surface area contributed by atoms with Crippen LogP contribution in [0.1, 0.15) is 27.4 Å². The molecule has 0 atom stereocenters. The lowest BCUT2D eigenvalue weighted by Gasteiger charge is -2.28. The van der Waals surface area contributed by atoms with Crippen molar-refractivity contribution >= 4 is 5.91 Å². The Morgan fingerprint density at radius 2 is 2.32 bits per heavy atom. The van der Waals surface area contributed by atoms with Crippen molar-refractivity contribution in [3.05, 3.63) is 53.1 Å².